The Morgan fingerprint density at radius 3 is 2.37 bits per heavy atom. The molecule has 0 unspecified atom stereocenters. The van der Waals surface area contributed by atoms with Gasteiger partial charge in [-0.15, -0.1) is 0 Å². The van der Waals surface area contributed by atoms with Gasteiger partial charge in [0, 0.05) is 24.7 Å². The number of carbonyl (C=O) groups excluding carboxylic acids is 2. The van der Waals surface area contributed by atoms with Crippen LogP contribution in [0, 0.1) is 25.6 Å². The van der Waals surface area contributed by atoms with E-state index in [1.807, 2.05) is 26.0 Å². The number of anilines is 1. The number of aryl methyl sites for hydroxylation is 2. The Labute approximate surface area is 159 Å². The van der Waals surface area contributed by atoms with Crippen molar-refractivity contribution in [1.29, 1.82) is 0 Å². The molecule has 142 valence electrons. The third-order valence-electron chi connectivity index (χ3n) is 4.95. The Balaban J connectivity index is 1.52. The van der Waals surface area contributed by atoms with E-state index in [1.54, 1.807) is 17.0 Å². The number of benzene rings is 2. The first-order chi connectivity index (χ1) is 12.9. The van der Waals surface area contributed by atoms with Gasteiger partial charge in [-0.1, -0.05) is 18.2 Å². The van der Waals surface area contributed by atoms with Crippen molar-refractivity contribution >= 4 is 17.5 Å². The third-order valence-corrected chi connectivity index (χ3v) is 4.95. The number of rotatable bonds is 4. The minimum Gasteiger partial charge on any atom is -0.342 e. The summed E-state index contributed by atoms with van der Waals surface area (Å²) in [6.45, 7) is 5.12. The predicted octanol–water partition coefficient (Wildman–Crippen LogP) is 3.86. The van der Waals surface area contributed by atoms with Crippen molar-refractivity contribution in [2.75, 3.05) is 18.4 Å². The molecule has 2 aromatic rings. The van der Waals surface area contributed by atoms with Crippen LogP contribution in [0.3, 0.4) is 0 Å². The zero-order valence-corrected chi connectivity index (χ0v) is 15.8. The molecule has 4 nitrogen and oxygen atoms in total. The quantitative estimate of drug-likeness (QED) is 0.891. The van der Waals surface area contributed by atoms with Crippen molar-refractivity contribution in [2.45, 2.75) is 33.1 Å². The summed E-state index contributed by atoms with van der Waals surface area (Å²) in [6, 6.07) is 12.1. The van der Waals surface area contributed by atoms with E-state index in [2.05, 4.69) is 11.4 Å². The molecule has 0 atom stereocenters. The zero-order valence-electron chi connectivity index (χ0n) is 15.8. The van der Waals surface area contributed by atoms with E-state index in [0.29, 0.717) is 31.5 Å². The normalized spacial score (nSPS) is 14.9. The Bertz CT molecular complexity index is 822. The summed E-state index contributed by atoms with van der Waals surface area (Å²) in [7, 11) is 0. The second kappa shape index (κ2) is 8.33. The Kier molecular flexibility index (Phi) is 5.89. The summed E-state index contributed by atoms with van der Waals surface area (Å²) in [6.07, 6.45) is 1.48. The number of piperidine rings is 1. The lowest BCUT2D eigenvalue weighted by atomic mass is 9.95. The van der Waals surface area contributed by atoms with Gasteiger partial charge in [0.25, 0.3) is 0 Å². The van der Waals surface area contributed by atoms with Gasteiger partial charge in [0.15, 0.2) is 0 Å². The number of hydrogen-bond acceptors (Lipinski definition) is 2. The van der Waals surface area contributed by atoms with E-state index in [4.69, 9.17) is 0 Å². The summed E-state index contributed by atoms with van der Waals surface area (Å²) >= 11 is 0. The molecule has 1 saturated heterocycles. The van der Waals surface area contributed by atoms with Crippen molar-refractivity contribution in [1.82, 2.24) is 4.90 Å². The van der Waals surface area contributed by atoms with Gasteiger partial charge in [-0.2, -0.15) is 0 Å². The molecular weight excluding hydrogens is 343 g/mol. The van der Waals surface area contributed by atoms with E-state index in [0.717, 1.165) is 16.8 Å². The molecular formula is C22H25FN2O2. The molecule has 1 aliphatic rings. The highest BCUT2D eigenvalue weighted by Gasteiger charge is 2.27. The molecule has 0 saturated carbocycles. The SMILES string of the molecule is Cc1cc(C)cc(NC(=O)C2CCN(C(=O)Cc3cccc(F)c3)CC2)c1. The largest absolute Gasteiger partial charge is 0.342 e. The van der Waals surface area contributed by atoms with Crippen LogP contribution in [-0.2, 0) is 16.0 Å². The van der Waals surface area contributed by atoms with Crippen molar-refractivity contribution in [3.05, 3.63) is 65.0 Å². The average Bonchev–Trinajstić information content (AvgIpc) is 2.61. The number of hydrogen-bond donors (Lipinski definition) is 1. The highest BCUT2D eigenvalue weighted by molar-refractivity contribution is 5.93. The first-order valence-corrected chi connectivity index (χ1v) is 9.32. The highest BCUT2D eigenvalue weighted by Crippen LogP contribution is 2.21. The van der Waals surface area contributed by atoms with Gasteiger partial charge in [-0.3, -0.25) is 9.59 Å². The Hall–Kier alpha value is -2.69. The van der Waals surface area contributed by atoms with E-state index < -0.39 is 0 Å². The molecule has 0 radical (unpaired) electrons. The summed E-state index contributed by atoms with van der Waals surface area (Å²) < 4.78 is 13.3. The fourth-order valence-electron chi connectivity index (χ4n) is 3.62. The maximum absolute atomic E-state index is 13.3. The number of nitrogens with zero attached hydrogens (tertiary/aromatic N) is 1. The second-order valence-electron chi connectivity index (χ2n) is 7.33. The average molecular weight is 368 g/mol. The first-order valence-electron chi connectivity index (χ1n) is 9.32. The number of likely N-dealkylation sites (tertiary alicyclic amines) is 1. The van der Waals surface area contributed by atoms with E-state index in [1.165, 1.54) is 12.1 Å². The Morgan fingerprint density at radius 1 is 1.07 bits per heavy atom. The second-order valence-corrected chi connectivity index (χ2v) is 7.33. The molecule has 27 heavy (non-hydrogen) atoms. The van der Waals surface area contributed by atoms with Crippen molar-refractivity contribution in [3.8, 4) is 0 Å². The molecule has 0 spiro atoms. The molecule has 3 rings (SSSR count). The van der Waals surface area contributed by atoms with Crippen molar-refractivity contribution in [2.24, 2.45) is 5.92 Å². The highest BCUT2D eigenvalue weighted by atomic mass is 19.1. The van der Waals surface area contributed by atoms with Gasteiger partial charge in [-0.05, 0) is 67.6 Å². The number of carbonyl (C=O) groups is 2. The zero-order chi connectivity index (χ0) is 19.4. The van der Waals surface area contributed by atoms with Crippen molar-refractivity contribution in [3.63, 3.8) is 0 Å². The van der Waals surface area contributed by atoms with Crippen LogP contribution in [0.4, 0.5) is 10.1 Å². The molecule has 0 aliphatic carbocycles. The number of amides is 2. The molecule has 1 N–H and O–H groups in total. The molecule has 1 aliphatic heterocycles. The first kappa shape index (κ1) is 19.1. The van der Waals surface area contributed by atoms with Crippen LogP contribution in [0.15, 0.2) is 42.5 Å². The van der Waals surface area contributed by atoms with Crippen LogP contribution in [-0.4, -0.2) is 29.8 Å². The third kappa shape index (κ3) is 5.16. The van der Waals surface area contributed by atoms with E-state index in [-0.39, 0.29) is 30.0 Å². The van der Waals surface area contributed by atoms with Crippen molar-refractivity contribution < 1.29 is 14.0 Å². The topological polar surface area (TPSA) is 49.4 Å². The van der Waals surface area contributed by atoms with Crippen LogP contribution in [0.25, 0.3) is 0 Å². The predicted molar refractivity (Wildman–Crippen MR) is 104 cm³/mol. The molecule has 0 bridgehead atoms. The number of halogens is 1. The molecule has 2 amide bonds. The summed E-state index contributed by atoms with van der Waals surface area (Å²) in [5.74, 6) is -0.433. The minimum atomic E-state index is -0.331. The number of nitrogens with one attached hydrogen (secondary N) is 1. The van der Waals surface area contributed by atoms with Crippen LogP contribution in [0.1, 0.15) is 29.5 Å². The smallest absolute Gasteiger partial charge is 0.227 e. The van der Waals surface area contributed by atoms with Gasteiger partial charge < -0.3 is 10.2 Å². The summed E-state index contributed by atoms with van der Waals surface area (Å²) in [5.41, 5.74) is 3.72. The van der Waals surface area contributed by atoms with Gasteiger partial charge in [0.2, 0.25) is 11.8 Å². The monoisotopic (exact) mass is 368 g/mol. The van der Waals surface area contributed by atoms with E-state index >= 15 is 0 Å². The molecule has 1 fully saturated rings. The maximum Gasteiger partial charge on any atom is 0.227 e. The summed E-state index contributed by atoms with van der Waals surface area (Å²) in [4.78, 5) is 26.7. The lowest BCUT2D eigenvalue weighted by Gasteiger charge is -2.31. The lowest BCUT2D eigenvalue weighted by Crippen LogP contribution is -2.42. The van der Waals surface area contributed by atoms with Crippen LogP contribution in [0.2, 0.25) is 0 Å². The van der Waals surface area contributed by atoms with Gasteiger partial charge in [0.05, 0.1) is 6.42 Å². The van der Waals surface area contributed by atoms with Crippen LogP contribution < -0.4 is 5.32 Å². The van der Waals surface area contributed by atoms with Crippen LogP contribution >= 0.6 is 0 Å². The summed E-state index contributed by atoms with van der Waals surface area (Å²) in [5, 5.41) is 3.00. The van der Waals surface area contributed by atoms with Gasteiger partial charge in [-0.25, -0.2) is 4.39 Å². The lowest BCUT2D eigenvalue weighted by molar-refractivity contribution is -0.133. The molecule has 5 heteroatoms. The molecule has 2 aromatic carbocycles. The fourth-order valence-corrected chi connectivity index (χ4v) is 3.62. The molecule has 1 heterocycles. The van der Waals surface area contributed by atoms with Crippen LogP contribution in [0.5, 0.6) is 0 Å². The minimum absolute atomic E-state index is 0.0113. The van der Waals surface area contributed by atoms with Gasteiger partial charge >= 0.3 is 0 Å². The fraction of sp³-hybridized carbons (Fsp3) is 0.364. The van der Waals surface area contributed by atoms with Gasteiger partial charge in [0.1, 0.15) is 5.82 Å². The standard InChI is InChI=1S/C22H25FN2O2/c1-15-10-16(2)12-20(11-15)24-22(27)18-6-8-25(9-7-18)21(26)14-17-4-3-5-19(23)13-17/h3-5,10-13,18H,6-9,14H2,1-2H3,(H,24,27). The Morgan fingerprint density at radius 2 is 1.74 bits per heavy atom. The maximum atomic E-state index is 13.3. The van der Waals surface area contributed by atoms with E-state index in [9.17, 15) is 14.0 Å². The molecule has 0 aromatic heterocycles.